The highest BCUT2D eigenvalue weighted by atomic mass is 16.5. The van der Waals surface area contributed by atoms with Crippen molar-refractivity contribution in [2.45, 2.75) is 19.4 Å². The fourth-order valence-corrected chi connectivity index (χ4v) is 1.45. The molecule has 94 valence electrons. The molecule has 1 aromatic carbocycles. The summed E-state index contributed by atoms with van der Waals surface area (Å²) in [5.41, 5.74) is 3.89. The van der Waals surface area contributed by atoms with E-state index in [0.29, 0.717) is 12.2 Å². The van der Waals surface area contributed by atoms with E-state index in [1.807, 2.05) is 6.92 Å². The van der Waals surface area contributed by atoms with Crippen LogP contribution in [-0.4, -0.2) is 25.7 Å². The Morgan fingerprint density at radius 1 is 1.41 bits per heavy atom. The van der Waals surface area contributed by atoms with Crippen molar-refractivity contribution in [2.24, 2.45) is 5.84 Å². The standard InChI is InChI=1S/C12H19N3O2/c1-3-10(8-17-2)14-12(16)9-4-6-11(15-13)7-5-9/h4-7,10,15H,3,8,13H2,1-2H3,(H,14,16). The number of hydrazine groups is 1. The lowest BCUT2D eigenvalue weighted by Gasteiger charge is -2.15. The minimum absolute atomic E-state index is 0.0415. The Balaban J connectivity index is 2.62. The minimum Gasteiger partial charge on any atom is -0.383 e. The van der Waals surface area contributed by atoms with Crippen LogP contribution in [0.1, 0.15) is 23.7 Å². The minimum atomic E-state index is -0.0996. The first-order valence-electron chi connectivity index (χ1n) is 5.57. The molecule has 5 heteroatoms. The normalized spacial score (nSPS) is 11.9. The van der Waals surface area contributed by atoms with Crippen molar-refractivity contribution in [3.05, 3.63) is 29.8 Å². The van der Waals surface area contributed by atoms with Gasteiger partial charge in [-0.1, -0.05) is 6.92 Å². The quantitative estimate of drug-likeness (QED) is 0.512. The molecule has 0 radical (unpaired) electrons. The van der Waals surface area contributed by atoms with Gasteiger partial charge in [0.1, 0.15) is 0 Å². The molecule has 0 spiro atoms. The molecule has 0 aliphatic heterocycles. The van der Waals surface area contributed by atoms with Gasteiger partial charge in [0.15, 0.2) is 0 Å². The van der Waals surface area contributed by atoms with Gasteiger partial charge in [0.2, 0.25) is 0 Å². The second-order valence-electron chi connectivity index (χ2n) is 3.76. The Bertz CT molecular complexity index is 351. The zero-order valence-corrected chi connectivity index (χ0v) is 10.2. The van der Waals surface area contributed by atoms with Crippen molar-refractivity contribution in [3.8, 4) is 0 Å². The first kappa shape index (κ1) is 13.5. The monoisotopic (exact) mass is 237 g/mol. The van der Waals surface area contributed by atoms with Crippen molar-refractivity contribution in [1.82, 2.24) is 5.32 Å². The van der Waals surface area contributed by atoms with Gasteiger partial charge in [-0.2, -0.15) is 0 Å². The van der Waals surface area contributed by atoms with E-state index in [9.17, 15) is 4.79 Å². The van der Waals surface area contributed by atoms with Gasteiger partial charge in [-0.3, -0.25) is 10.6 Å². The number of benzene rings is 1. The van der Waals surface area contributed by atoms with Crippen LogP contribution in [0.25, 0.3) is 0 Å². The predicted octanol–water partition coefficient (Wildman–Crippen LogP) is 1.13. The summed E-state index contributed by atoms with van der Waals surface area (Å²) < 4.78 is 5.03. The number of hydrogen-bond donors (Lipinski definition) is 3. The van der Waals surface area contributed by atoms with E-state index in [0.717, 1.165) is 12.1 Å². The Labute approximate surface area is 101 Å². The van der Waals surface area contributed by atoms with Gasteiger partial charge >= 0.3 is 0 Å². The van der Waals surface area contributed by atoms with E-state index in [2.05, 4.69) is 10.7 Å². The third kappa shape index (κ3) is 4.05. The lowest BCUT2D eigenvalue weighted by atomic mass is 10.1. The molecule has 0 bridgehead atoms. The number of carbonyl (C=O) groups is 1. The Morgan fingerprint density at radius 2 is 2.06 bits per heavy atom. The average molecular weight is 237 g/mol. The van der Waals surface area contributed by atoms with Crippen LogP contribution in [0.4, 0.5) is 5.69 Å². The van der Waals surface area contributed by atoms with Crippen molar-refractivity contribution in [2.75, 3.05) is 19.1 Å². The van der Waals surface area contributed by atoms with Gasteiger partial charge in [0.25, 0.3) is 5.91 Å². The van der Waals surface area contributed by atoms with Gasteiger partial charge < -0.3 is 15.5 Å². The smallest absolute Gasteiger partial charge is 0.251 e. The summed E-state index contributed by atoms with van der Waals surface area (Å²) in [6.45, 7) is 2.52. The van der Waals surface area contributed by atoms with E-state index in [-0.39, 0.29) is 11.9 Å². The first-order valence-corrected chi connectivity index (χ1v) is 5.57. The number of carbonyl (C=O) groups excluding carboxylic acids is 1. The molecule has 0 saturated heterocycles. The number of nitrogens with one attached hydrogen (secondary N) is 2. The zero-order valence-electron chi connectivity index (χ0n) is 10.2. The molecule has 0 aliphatic rings. The summed E-state index contributed by atoms with van der Waals surface area (Å²) >= 11 is 0. The highest BCUT2D eigenvalue weighted by Gasteiger charge is 2.11. The number of rotatable bonds is 6. The number of amides is 1. The van der Waals surface area contributed by atoms with Crippen LogP contribution in [0.5, 0.6) is 0 Å². The predicted molar refractivity (Wildman–Crippen MR) is 67.7 cm³/mol. The molecule has 0 fully saturated rings. The maximum atomic E-state index is 11.9. The summed E-state index contributed by atoms with van der Waals surface area (Å²) in [5, 5.41) is 2.91. The third-order valence-electron chi connectivity index (χ3n) is 2.51. The summed E-state index contributed by atoms with van der Waals surface area (Å²) in [4.78, 5) is 11.9. The topological polar surface area (TPSA) is 76.4 Å². The molecule has 1 atom stereocenters. The zero-order chi connectivity index (χ0) is 12.7. The maximum absolute atomic E-state index is 11.9. The molecule has 5 nitrogen and oxygen atoms in total. The van der Waals surface area contributed by atoms with Crippen LogP contribution in [0.15, 0.2) is 24.3 Å². The fourth-order valence-electron chi connectivity index (χ4n) is 1.45. The Hall–Kier alpha value is -1.59. The molecule has 1 unspecified atom stereocenters. The highest BCUT2D eigenvalue weighted by molar-refractivity contribution is 5.94. The summed E-state index contributed by atoms with van der Waals surface area (Å²) in [5.74, 6) is 5.15. The van der Waals surface area contributed by atoms with Crippen LogP contribution in [0.2, 0.25) is 0 Å². The average Bonchev–Trinajstić information content (AvgIpc) is 2.38. The van der Waals surface area contributed by atoms with Crippen LogP contribution >= 0.6 is 0 Å². The summed E-state index contributed by atoms with van der Waals surface area (Å²) in [7, 11) is 1.62. The second kappa shape index (κ2) is 6.88. The lowest BCUT2D eigenvalue weighted by Crippen LogP contribution is -2.37. The molecule has 1 rings (SSSR count). The highest BCUT2D eigenvalue weighted by Crippen LogP contribution is 2.08. The van der Waals surface area contributed by atoms with Gasteiger partial charge in [-0.05, 0) is 30.7 Å². The summed E-state index contributed by atoms with van der Waals surface area (Å²) in [6, 6.07) is 7.01. The van der Waals surface area contributed by atoms with Crippen LogP contribution in [0.3, 0.4) is 0 Å². The number of ether oxygens (including phenoxy) is 1. The van der Waals surface area contributed by atoms with Crippen LogP contribution < -0.4 is 16.6 Å². The number of hydrogen-bond acceptors (Lipinski definition) is 4. The van der Waals surface area contributed by atoms with Gasteiger partial charge in [-0.25, -0.2) is 0 Å². The first-order chi connectivity index (χ1) is 8.21. The fraction of sp³-hybridized carbons (Fsp3) is 0.417. The van der Waals surface area contributed by atoms with Crippen molar-refractivity contribution < 1.29 is 9.53 Å². The number of methoxy groups -OCH3 is 1. The number of nitrogen functional groups attached to an aromatic ring is 1. The molecule has 0 heterocycles. The number of anilines is 1. The molecule has 0 aliphatic carbocycles. The van der Waals surface area contributed by atoms with Crippen molar-refractivity contribution in [3.63, 3.8) is 0 Å². The van der Waals surface area contributed by atoms with E-state index < -0.39 is 0 Å². The van der Waals surface area contributed by atoms with Crippen LogP contribution in [0, 0.1) is 0 Å². The SMILES string of the molecule is CCC(COC)NC(=O)c1ccc(NN)cc1. The molecular weight excluding hydrogens is 218 g/mol. The molecule has 1 amide bonds. The Morgan fingerprint density at radius 3 is 2.53 bits per heavy atom. The van der Waals surface area contributed by atoms with Gasteiger partial charge in [0, 0.05) is 18.4 Å². The van der Waals surface area contributed by atoms with Gasteiger partial charge in [-0.15, -0.1) is 0 Å². The van der Waals surface area contributed by atoms with E-state index in [1.165, 1.54) is 0 Å². The molecule has 0 aromatic heterocycles. The van der Waals surface area contributed by atoms with Gasteiger partial charge in [0.05, 0.1) is 12.6 Å². The second-order valence-corrected chi connectivity index (χ2v) is 3.76. The molecule has 1 aromatic rings. The maximum Gasteiger partial charge on any atom is 0.251 e. The summed E-state index contributed by atoms with van der Waals surface area (Å²) in [6.07, 6.45) is 0.835. The largest absolute Gasteiger partial charge is 0.383 e. The van der Waals surface area contributed by atoms with Crippen LogP contribution in [-0.2, 0) is 4.74 Å². The van der Waals surface area contributed by atoms with E-state index in [4.69, 9.17) is 10.6 Å². The molecule has 0 saturated carbocycles. The molecular formula is C12H19N3O2. The van der Waals surface area contributed by atoms with Crippen molar-refractivity contribution >= 4 is 11.6 Å². The molecule has 17 heavy (non-hydrogen) atoms. The van der Waals surface area contributed by atoms with E-state index in [1.54, 1.807) is 31.4 Å². The number of nitrogens with two attached hydrogens (primary N) is 1. The van der Waals surface area contributed by atoms with E-state index >= 15 is 0 Å². The van der Waals surface area contributed by atoms with Crippen molar-refractivity contribution in [1.29, 1.82) is 0 Å². The molecule has 4 N–H and O–H groups in total. The Kier molecular flexibility index (Phi) is 5.45. The third-order valence-corrected chi connectivity index (χ3v) is 2.51. The lowest BCUT2D eigenvalue weighted by molar-refractivity contribution is 0.0894.